The summed E-state index contributed by atoms with van der Waals surface area (Å²) in [5.41, 5.74) is 0. The molecule has 0 spiro atoms. The van der Waals surface area contributed by atoms with Crippen LogP contribution in [-0.4, -0.2) is 22.0 Å². The van der Waals surface area contributed by atoms with Crippen LogP contribution in [0.2, 0.25) is 0 Å². The molecule has 0 aliphatic carbocycles. The quantitative estimate of drug-likeness (QED) is 0.740. The third-order valence-electron chi connectivity index (χ3n) is 2.27. The molecule has 1 aromatic heterocycles. The molecule has 1 N–H and O–H groups in total. The Balaban J connectivity index is 2.37. The number of halogens is 1. The van der Waals surface area contributed by atoms with E-state index in [9.17, 15) is 0 Å². The summed E-state index contributed by atoms with van der Waals surface area (Å²) >= 11 is 5.67. The van der Waals surface area contributed by atoms with Crippen LogP contribution in [0.15, 0.2) is 12.4 Å². The van der Waals surface area contributed by atoms with Crippen LogP contribution in [-0.2, 0) is 6.54 Å². The molecule has 0 radical (unpaired) electrons. The fraction of sp³-hybridized carbons (Fsp3) is 0.700. The first-order valence-corrected chi connectivity index (χ1v) is 5.62. The van der Waals surface area contributed by atoms with Crippen molar-refractivity contribution in [1.82, 2.24) is 9.55 Å². The average Bonchev–Trinajstić information content (AvgIpc) is 2.62. The molecule has 1 heterocycles. The minimum atomic E-state index is 0.592. The molecular formula is C10H18ClN3. The van der Waals surface area contributed by atoms with E-state index in [4.69, 9.17) is 11.6 Å². The van der Waals surface area contributed by atoms with E-state index in [1.165, 1.54) is 0 Å². The van der Waals surface area contributed by atoms with Crippen LogP contribution in [0.25, 0.3) is 0 Å². The second kappa shape index (κ2) is 5.91. The highest BCUT2D eigenvalue weighted by molar-refractivity contribution is 6.17. The van der Waals surface area contributed by atoms with Crippen LogP contribution in [0.4, 0.5) is 5.95 Å². The van der Waals surface area contributed by atoms with Crippen molar-refractivity contribution in [3.05, 3.63) is 12.4 Å². The molecule has 1 atom stereocenters. The van der Waals surface area contributed by atoms with Gasteiger partial charge in [0.15, 0.2) is 0 Å². The number of nitrogens with one attached hydrogen (secondary N) is 1. The molecule has 80 valence electrons. The monoisotopic (exact) mass is 215 g/mol. The Morgan fingerprint density at radius 1 is 1.64 bits per heavy atom. The lowest BCUT2D eigenvalue weighted by Crippen LogP contribution is -2.14. The molecule has 0 aliphatic rings. The number of hydrogen-bond acceptors (Lipinski definition) is 2. The first-order valence-electron chi connectivity index (χ1n) is 5.08. The van der Waals surface area contributed by atoms with Crippen LogP contribution < -0.4 is 5.32 Å². The summed E-state index contributed by atoms with van der Waals surface area (Å²) in [6.07, 6.45) is 4.84. The van der Waals surface area contributed by atoms with E-state index in [1.807, 2.05) is 12.4 Å². The lowest BCUT2D eigenvalue weighted by molar-refractivity contribution is 0.591. The summed E-state index contributed by atoms with van der Waals surface area (Å²) in [6.45, 7) is 6.18. The van der Waals surface area contributed by atoms with E-state index in [0.717, 1.165) is 31.3 Å². The van der Waals surface area contributed by atoms with Gasteiger partial charge in [-0.1, -0.05) is 6.92 Å². The molecule has 0 saturated carbocycles. The predicted molar refractivity (Wildman–Crippen MR) is 60.9 cm³/mol. The zero-order chi connectivity index (χ0) is 10.4. The summed E-state index contributed by atoms with van der Waals surface area (Å²) in [7, 11) is 0. The van der Waals surface area contributed by atoms with Gasteiger partial charge in [-0.15, -0.1) is 11.6 Å². The number of imidazole rings is 1. The van der Waals surface area contributed by atoms with E-state index in [1.54, 1.807) is 0 Å². The highest BCUT2D eigenvalue weighted by Crippen LogP contribution is 2.07. The number of aryl methyl sites for hydroxylation is 1. The highest BCUT2D eigenvalue weighted by atomic mass is 35.5. The second-order valence-corrected chi connectivity index (χ2v) is 3.88. The van der Waals surface area contributed by atoms with Gasteiger partial charge in [0.05, 0.1) is 0 Å². The van der Waals surface area contributed by atoms with Crippen molar-refractivity contribution < 1.29 is 0 Å². The van der Waals surface area contributed by atoms with E-state index < -0.39 is 0 Å². The van der Waals surface area contributed by atoms with E-state index in [-0.39, 0.29) is 0 Å². The largest absolute Gasteiger partial charge is 0.355 e. The van der Waals surface area contributed by atoms with Crippen LogP contribution in [0.3, 0.4) is 0 Å². The van der Waals surface area contributed by atoms with Crippen molar-refractivity contribution in [1.29, 1.82) is 0 Å². The van der Waals surface area contributed by atoms with Crippen LogP contribution in [0.1, 0.15) is 20.3 Å². The maximum Gasteiger partial charge on any atom is 0.202 e. The van der Waals surface area contributed by atoms with Crippen molar-refractivity contribution >= 4 is 17.5 Å². The van der Waals surface area contributed by atoms with Gasteiger partial charge >= 0.3 is 0 Å². The molecule has 0 fully saturated rings. The third-order valence-corrected chi connectivity index (χ3v) is 2.48. The molecule has 1 unspecified atom stereocenters. The molecule has 4 heteroatoms. The zero-order valence-corrected chi connectivity index (χ0v) is 9.59. The Labute approximate surface area is 90.5 Å². The number of alkyl halides is 1. The van der Waals surface area contributed by atoms with Gasteiger partial charge in [0.2, 0.25) is 5.95 Å². The number of aromatic nitrogens is 2. The van der Waals surface area contributed by atoms with Gasteiger partial charge in [-0.3, -0.25) is 0 Å². The average molecular weight is 216 g/mol. The molecule has 3 nitrogen and oxygen atoms in total. The lowest BCUT2D eigenvalue weighted by atomic mass is 10.1. The number of hydrogen-bond donors (Lipinski definition) is 1. The fourth-order valence-electron chi connectivity index (χ4n) is 1.29. The smallest absolute Gasteiger partial charge is 0.202 e. The summed E-state index contributed by atoms with van der Waals surface area (Å²) in [5.74, 6) is 2.27. The van der Waals surface area contributed by atoms with Crippen molar-refractivity contribution in [2.45, 2.75) is 26.8 Å². The Bertz CT molecular complexity index is 260. The standard InChI is InChI=1S/C10H18ClN3/c1-3-14-7-6-12-10(14)13-8-9(2)4-5-11/h6-7,9H,3-5,8H2,1-2H3,(H,12,13). The lowest BCUT2D eigenvalue weighted by Gasteiger charge is -2.12. The minimum Gasteiger partial charge on any atom is -0.355 e. The summed E-state index contributed by atoms with van der Waals surface area (Å²) in [6, 6.07) is 0. The molecule has 0 saturated heterocycles. The Kier molecular flexibility index (Phi) is 4.80. The van der Waals surface area contributed by atoms with Gasteiger partial charge in [0, 0.05) is 31.4 Å². The maximum absolute atomic E-state index is 5.67. The first-order chi connectivity index (χ1) is 6.77. The normalized spacial score (nSPS) is 12.8. The fourth-order valence-corrected chi connectivity index (χ4v) is 1.66. The molecule has 14 heavy (non-hydrogen) atoms. The minimum absolute atomic E-state index is 0.592. The SMILES string of the molecule is CCn1ccnc1NCC(C)CCCl. The second-order valence-electron chi connectivity index (χ2n) is 3.50. The summed E-state index contributed by atoms with van der Waals surface area (Å²) in [4.78, 5) is 4.24. The highest BCUT2D eigenvalue weighted by Gasteiger charge is 2.03. The van der Waals surface area contributed by atoms with E-state index in [2.05, 4.69) is 28.7 Å². The summed E-state index contributed by atoms with van der Waals surface area (Å²) < 4.78 is 2.09. The Morgan fingerprint density at radius 2 is 2.43 bits per heavy atom. The number of rotatable bonds is 6. The van der Waals surface area contributed by atoms with Crippen molar-refractivity contribution in [2.75, 3.05) is 17.7 Å². The molecule has 0 aliphatic heterocycles. The van der Waals surface area contributed by atoms with Crippen LogP contribution in [0.5, 0.6) is 0 Å². The van der Waals surface area contributed by atoms with Crippen LogP contribution in [0, 0.1) is 5.92 Å². The predicted octanol–water partition coefficient (Wildman–Crippen LogP) is 2.58. The Hall–Kier alpha value is -0.700. The molecular weight excluding hydrogens is 198 g/mol. The molecule has 0 aromatic carbocycles. The van der Waals surface area contributed by atoms with Crippen molar-refractivity contribution in [3.63, 3.8) is 0 Å². The van der Waals surface area contributed by atoms with Gasteiger partial charge < -0.3 is 9.88 Å². The van der Waals surface area contributed by atoms with Crippen molar-refractivity contribution in [2.24, 2.45) is 5.92 Å². The van der Waals surface area contributed by atoms with Gasteiger partial charge in [-0.05, 0) is 19.3 Å². The molecule has 1 aromatic rings. The topological polar surface area (TPSA) is 29.9 Å². The first kappa shape index (κ1) is 11.4. The van der Waals surface area contributed by atoms with Crippen LogP contribution >= 0.6 is 11.6 Å². The van der Waals surface area contributed by atoms with Gasteiger partial charge in [0.1, 0.15) is 0 Å². The van der Waals surface area contributed by atoms with E-state index in [0.29, 0.717) is 5.92 Å². The number of anilines is 1. The summed E-state index contributed by atoms with van der Waals surface area (Å²) in [5, 5.41) is 3.32. The molecule has 0 amide bonds. The maximum atomic E-state index is 5.67. The van der Waals surface area contributed by atoms with Crippen molar-refractivity contribution in [3.8, 4) is 0 Å². The molecule has 1 rings (SSSR count). The number of nitrogens with zero attached hydrogens (tertiary/aromatic N) is 2. The third kappa shape index (κ3) is 3.22. The van der Waals surface area contributed by atoms with E-state index >= 15 is 0 Å². The van der Waals surface area contributed by atoms with Gasteiger partial charge in [-0.25, -0.2) is 4.98 Å². The van der Waals surface area contributed by atoms with Gasteiger partial charge in [-0.2, -0.15) is 0 Å². The molecule has 0 bridgehead atoms. The van der Waals surface area contributed by atoms with Gasteiger partial charge in [0.25, 0.3) is 0 Å². The zero-order valence-electron chi connectivity index (χ0n) is 8.83. The Morgan fingerprint density at radius 3 is 3.07 bits per heavy atom.